The summed E-state index contributed by atoms with van der Waals surface area (Å²) in [6.07, 6.45) is 3.89. The summed E-state index contributed by atoms with van der Waals surface area (Å²) in [4.78, 5) is 5.10. The van der Waals surface area contributed by atoms with Gasteiger partial charge < -0.3 is 10.6 Å². The molecule has 1 aliphatic rings. The molecule has 0 saturated carbocycles. The highest BCUT2D eigenvalue weighted by molar-refractivity contribution is 4.84. The number of rotatable bonds is 6. The average Bonchev–Trinajstić information content (AvgIpc) is 2.71. The molecule has 1 fully saturated rings. The maximum absolute atomic E-state index is 5.97. The van der Waals surface area contributed by atoms with Gasteiger partial charge in [-0.1, -0.05) is 27.7 Å². The molecule has 1 aliphatic heterocycles. The maximum Gasteiger partial charge on any atom is 0.0223 e. The lowest BCUT2D eigenvalue weighted by Crippen LogP contribution is -2.46. The van der Waals surface area contributed by atoms with Crippen LogP contribution in [0.5, 0.6) is 0 Å². The van der Waals surface area contributed by atoms with Gasteiger partial charge in [-0.2, -0.15) is 0 Å². The van der Waals surface area contributed by atoms with E-state index in [1.54, 1.807) is 0 Å². The minimum atomic E-state index is 0.360. The van der Waals surface area contributed by atoms with Gasteiger partial charge in [0.1, 0.15) is 0 Å². The molecule has 0 spiro atoms. The zero-order valence-corrected chi connectivity index (χ0v) is 13.1. The summed E-state index contributed by atoms with van der Waals surface area (Å²) in [5.74, 6) is 0. The highest BCUT2D eigenvalue weighted by atomic mass is 15.2. The Balaban J connectivity index is 2.49. The normalized spacial score (nSPS) is 23.8. The molecule has 0 bridgehead atoms. The molecule has 18 heavy (non-hydrogen) atoms. The Labute approximate surface area is 114 Å². The van der Waals surface area contributed by atoms with Crippen molar-refractivity contribution in [1.82, 2.24) is 9.80 Å². The van der Waals surface area contributed by atoms with Crippen molar-refractivity contribution in [3.63, 3.8) is 0 Å². The van der Waals surface area contributed by atoms with E-state index < -0.39 is 0 Å². The summed E-state index contributed by atoms with van der Waals surface area (Å²) < 4.78 is 0. The summed E-state index contributed by atoms with van der Waals surface area (Å²) in [7, 11) is 2.25. The fourth-order valence-electron chi connectivity index (χ4n) is 3.13. The predicted molar refractivity (Wildman–Crippen MR) is 79.8 cm³/mol. The van der Waals surface area contributed by atoms with E-state index in [9.17, 15) is 0 Å². The van der Waals surface area contributed by atoms with Crippen LogP contribution in [0.3, 0.4) is 0 Å². The van der Waals surface area contributed by atoms with Crippen molar-refractivity contribution in [2.45, 2.75) is 59.0 Å². The SMILES string of the molecule is CCN1CCCC1CN(C)C(CN)CC(C)(C)C. The summed E-state index contributed by atoms with van der Waals surface area (Å²) in [5.41, 5.74) is 6.33. The van der Waals surface area contributed by atoms with Gasteiger partial charge in [0.25, 0.3) is 0 Å². The van der Waals surface area contributed by atoms with Gasteiger partial charge in [0.2, 0.25) is 0 Å². The van der Waals surface area contributed by atoms with Gasteiger partial charge in [0.05, 0.1) is 0 Å². The fourth-order valence-corrected chi connectivity index (χ4v) is 3.13. The predicted octanol–water partition coefficient (Wildman–Crippen LogP) is 2.17. The van der Waals surface area contributed by atoms with E-state index in [2.05, 4.69) is 44.5 Å². The molecule has 108 valence electrons. The third-order valence-electron chi connectivity index (χ3n) is 4.15. The first kappa shape index (κ1) is 15.9. The second kappa shape index (κ2) is 6.88. The molecular formula is C15H33N3. The number of likely N-dealkylation sites (tertiary alicyclic amines) is 1. The van der Waals surface area contributed by atoms with E-state index in [0.717, 1.165) is 12.6 Å². The summed E-state index contributed by atoms with van der Waals surface area (Å²) in [6.45, 7) is 13.6. The van der Waals surface area contributed by atoms with Crippen LogP contribution in [-0.2, 0) is 0 Å². The summed E-state index contributed by atoms with van der Waals surface area (Å²) in [5, 5.41) is 0. The Morgan fingerprint density at radius 2 is 2.06 bits per heavy atom. The number of hydrogen-bond donors (Lipinski definition) is 1. The Morgan fingerprint density at radius 1 is 1.39 bits per heavy atom. The van der Waals surface area contributed by atoms with Crippen LogP contribution >= 0.6 is 0 Å². The minimum absolute atomic E-state index is 0.360. The van der Waals surface area contributed by atoms with Crippen molar-refractivity contribution in [3.8, 4) is 0 Å². The van der Waals surface area contributed by atoms with Crippen LogP contribution in [0.15, 0.2) is 0 Å². The second-order valence-corrected chi connectivity index (χ2v) is 7.02. The first-order valence-corrected chi connectivity index (χ1v) is 7.51. The van der Waals surface area contributed by atoms with Gasteiger partial charge in [-0.05, 0) is 44.8 Å². The van der Waals surface area contributed by atoms with Crippen molar-refractivity contribution in [2.24, 2.45) is 11.1 Å². The monoisotopic (exact) mass is 255 g/mol. The molecule has 0 aromatic carbocycles. The lowest BCUT2D eigenvalue weighted by atomic mass is 9.87. The van der Waals surface area contributed by atoms with Gasteiger partial charge in [0, 0.05) is 25.2 Å². The van der Waals surface area contributed by atoms with Crippen LogP contribution in [0, 0.1) is 5.41 Å². The number of likely N-dealkylation sites (N-methyl/N-ethyl adjacent to an activating group) is 2. The van der Waals surface area contributed by atoms with Crippen LogP contribution in [0.2, 0.25) is 0 Å². The van der Waals surface area contributed by atoms with Crippen molar-refractivity contribution in [3.05, 3.63) is 0 Å². The number of nitrogens with two attached hydrogens (primary N) is 1. The van der Waals surface area contributed by atoms with Crippen LogP contribution in [0.25, 0.3) is 0 Å². The highest BCUT2D eigenvalue weighted by Gasteiger charge is 2.27. The molecule has 2 unspecified atom stereocenters. The fraction of sp³-hybridized carbons (Fsp3) is 1.00. The van der Waals surface area contributed by atoms with E-state index in [1.165, 1.54) is 38.9 Å². The zero-order valence-electron chi connectivity index (χ0n) is 13.1. The Kier molecular flexibility index (Phi) is 6.09. The number of hydrogen-bond acceptors (Lipinski definition) is 3. The van der Waals surface area contributed by atoms with Crippen LogP contribution in [-0.4, -0.2) is 55.1 Å². The Hall–Kier alpha value is -0.120. The molecule has 0 radical (unpaired) electrons. The van der Waals surface area contributed by atoms with Gasteiger partial charge in [-0.25, -0.2) is 0 Å². The molecule has 1 rings (SSSR count). The highest BCUT2D eigenvalue weighted by Crippen LogP contribution is 2.24. The molecule has 3 heteroatoms. The second-order valence-electron chi connectivity index (χ2n) is 7.02. The quantitative estimate of drug-likeness (QED) is 0.789. The minimum Gasteiger partial charge on any atom is -0.329 e. The van der Waals surface area contributed by atoms with Crippen molar-refractivity contribution >= 4 is 0 Å². The Bertz CT molecular complexity index is 234. The standard InChI is InChI=1S/C15H33N3/c1-6-18-9-7-8-13(18)12-17(5)14(11-16)10-15(2,3)4/h13-14H,6-12,16H2,1-5H3. The van der Waals surface area contributed by atoms with Gasteiger partial charge in [-0.3, -0.25) is 4.90 Å². The molecule has 3 nitrogen and oxygen atoms in total. The Morgan fingerprint density at radius 3 is 2.56 bits per heavy atom. The largest absolute Gasteiger partial charge is 0.329 e. The van der Waals surface area contributed by atoms with Crippen molar-refractivity contribution in [2.75, 3.05) is 33.2 Å². The average molecular weight is 255 g/mol. The maximum atomic E-state index is 5.97. The molecule has 1 saturated heterocycles. The smallest absolute Gasteiger partial charge is 0.0223 e. The lowest BCUT2D eigenvalue weighted by Gasteiger charge is -2.35. The van der Waals surface area contributed by atoms with Crippen LogP contribution in [0.4, 0.5) is 0 Å². The summed E-state index contributed by atoms with van der Waals surface area (Å²) in [6, 6.07) is 1.26. The lowest BCUT2D eigenvalue weighted by molar-refractivity contribution is 0.137. The molecule has 0 aromatic heterocycles. The summed E-state index contributed by atoms with van der Waals surface area (Å²) >= 11 is 0. The van der Waals surface area contributed by atoms with Crippen molar-refractivity contribution < 1.29 is 0 Å². The molecule has 0 amide bonds. The van der Waals surface area contributed by atoms with E-state index >= 15 is 0 Å². The van der Waals surface area contributed by atoms with Gasteiger partial charge in [0.15, 0.2) is 0 Å². The van der Waals surface area contributed by atoms with E-state index in [1.807, 2.05) is 0 Å². The van der Waals surface area contributed by atoms with Gasteiger partial charge in [-0.15, -0.1) is 0 Å². The van der Waals surface area contributed by atoms with Crippen molar-refractivity contribution in [1.29, 1.82) is 0 Å². The van der Waals surface area contributed by atoms with Gasteiger partial charge >= 0.3 is 0 Å². The third-order valence-corrected chi connectivity index (χ3v) is 4.15. The van der Waals surface area contributed by atoms with E-state index in [-0.39, 0.29) is 0 Å². The number of nitrogens with zero attached hydrogens (tertiary/aromatic N) is 2. The topological polar surface area (TPSA) is 32.5 Å². The molecule has 1 heterocycles. The molecule has 2 atom stereocenters. The van der Waals surface area contributed by atoms with E-state index in [0.29, 0.717) is 11.5 Å². The first-order chi connectivity index (χ1) is 8.37. The van der Waals surface area contributed by atoms with Crippen LogP contribution < -0.4 is 5.73 Å². The molecular weight excluding hydrogens is 222 g/mol. The molecule has 0 aliphatic carbocycles. The third kappa shape index (κ3) is 4.87. The van der Waals surface area contributed by atoms with Crippen LogP contribution in [0.1, 0.15) is 47.0 Å². The first-order valence-electron chi connectivity index (χ1n) is 7.51. The van der Waals surface area contributed by atoms with E-state index in [4.69, 9.17) is 5.73 Å². The molecule has 2 N–H and O–H groups in total. The molecule has 0 aromatic rings. The zero-order chi connectivity index (χ0) is 13.8.